The molecule has 14 heavy (non-hydrogen) atoms. The number of hydrogen-bond acceptors (Lipinski definition) is 0. The van der Waals surface area contributed by atoms with Gasteiger partial charge in [0.15, 0.2) is 0 Å². The summed E-state index contributed by atoms with van der Waals surface area (Å²) in [5, 5.41) is 0. The normalized spacial score (nSPS) is 20.6. The van der Waals surface area contributed by atoms with Crippen molar-refractivity contribution in [2.75, 3.05) is 0 Å². The largest absolute Gasteiger partial charge is 0.244 e. The van der Waals surface area contributed by atoms with Crippen LogP contribution in [0.4, 0.5) is 4.39 Å². The van der Waals surface area contributed by atoms with Gasteiger partial charge in [0, 0.05) is 0 Å². The van der Waals surface area contributed by atoms with Gasteiger partial charge in [-0.1, -0.05) is 41.0 Å². The molecule has 0 bridgehead atoms. The molecular formula is C13H27F. The summed E-state index contributed by atoms with van der Waals surface area (Å²) in [5.74, 6) is 0.660. The van der Waals surface area contributed by atoms with Crippen molar-refractivity contribution in [2.24, 2.45) is 11.3 Å². The summed E-state index contributed by atoms with van der Waals surface area (Å²) in [6.07, 6.45) is 3.53. The molecule has 0 aliphatic rings. The van der Waals surface area contributed by atoms with Gasteiger partial charge >= 0.3 is 0 Å². The highest BCUT2D eigenvalue weighted by Crippen LogP contribution is 2.40. The maximum absolute atomic E-state index is 14.0. The molecule has 0 aromatic heterocycles. The Balaban J connectivity index is 4.39. The summed E-state index contributed by atoms with van der Waals surface area (Å²) in [5.41, 5.74) is -0.812. The van der Waals surface area contributed by atoms with Crippen molar-refractivity contribution in [3.05, 3.63) is 0 Å². The average Bonchev–Trinajstić information content (AvgIpc) is 2.02. The molecule has 0 nitrogen and oxygen atoms in total. The van der Waals surface area contributed by atoms with Crippen molar-refractivity contribution in [2.45, 2.75) is 72.9 Å². The first kappa shape index (κ1) is 13.9. The van der Waals surface area contributed by atoms with Gasteiger partial charge in [0.2, 0.25) is 0 Å². The standard InChI is InChI=1S/C13H27F/c1-7-12(5,9-11(3)4)10-13(6,14)8-2/h11H,7-10H2,1-6H3. The number of rotatable bonds is 6. The molecule has 0 fully saturated rings. The van der Waals surface area contributed by atoms with Crippen LogP contribution in [0.25, 0.3) is 0 Å². The fourth-order valence-electron chi connectivity index (χ4n) is 2.34. The van der Waals surface area contributed by atoms with Crippen molar-refractivity contribution >= 4 is 0 Å². The Morgan fingerprint density at radius 2 is 1.57 bits per heavy atom. The first-order valence-corrected chi connectivity index (χ1v) is 5.93. The highest BCUT2D eigenvalue weighted by molar-refractivity contribution is 4.84. The first-order chi connectivity index (χ1) is 6.24. The van der Waals surface area contributed by atoms with Gasteiger partial charge in [-0.3, -0.25) is 0 Å². The van der Waals surface area contributed by atoms with Crippen LogP contribution in [0.2, 0.25) is 0 Å². The monoisotopic (exact) mass is 202 g/mol. The molecule has 0 aliphatic heterocycles. The van der Waals surface area contributed by atoms with E-state index in [0.29, 0.717) is 18.8 Å². The van der Waals surface area contributed by atoms with Crippen LogP contribution in [-0.2, 0) is 0 Å². The third kappa shape index (κ3) is 4.97. The second-order valence-electron chi connectivity index (χ2n) is 5.71. The van der Waals surface area contributed by atoms with E-state index in [9.17, 15) is 4.39 Å². The van der Waals surface area contributed by atoms with Crippen LogP contribution >= 0.6 is 0 Å². The van der Waals surface area contributed by atoms with E-state index < -0.39 is 5.67 Å². The quantitative estimate of drug-likeness (QED) is 0.570. The minimum absolute atomic E-state index is 0.174. The predicted octanol–water partition coefficient (Wildman–Crippen LogP) is 4.98. The Hall–Kier alpha value is -0.0700. The van der Waals surface area contributed by atoms with Gasteiger partial charge in [-0.2, -0.15) is 0 Å². The summed E-state index contributed by atoms with van der Waals surface area (Å²) in [6, 6.07) is 0. The van der Waals surface area contributed by atoms with E-state index in [0.717, 1.165) is 12.8 Å². The van der Waals surface area contributed by atoms with E-state index in [1.54, 1.807) is 6.92 Å². The van der Waals surface area contributed by atoms with Gasteiger partial charge < -0.3 is 0 Å². The zero-order chi connectivity index (χ0) is 11.4. The number of hydrogen-bond donors (Lipinski definition) is 0. The molecule has 0 saturated heterocycles. The highest BCUT2D eigenvalue weighted by atomic mass is 19.1. The molecule has 1 heteroatoms. The molecule has 0 spiro atoms. The Kier molecular flexibility index (Phi) is 5.11. The van der Waals surface area contributed by atoms with E-state index in [1.807, 2.05) is 6.92 Å². The molecule has 2 atom stereocenters. The lowest BCUT2D eigenvalue weighted by Gasteiger charge is -2.35. The summed E-state index contributed by atoms with van der Waals surface area (Å²) in [7, 11) is 0. The number of alkyl halides is 1. The Bertz CT molecular complexity index is 161. The predicted molar refractivity (Wildman–Crippen MR) is 62.3 cm³/mol. The third-order valence-corrected chi connectivity index (χ3v) is 3.29. The molecule has 0 heterocycles. The fourth-order valence-corrected chi connectivity index (χ4v) is 2.34. The van der Waals surface area contributed by atoms with E-state index in [1.165, 1.54) is 0 Å². The topological polar surface area (TPSA) is 0 Å². The van der Waals surface area contributed by atoms with Gasteiger partial charge in [0.05, 0.1) is 0 Å². The summed E-state index contributed by atoms with van der Waals surface area (Å²) in [6.45, 7) is 12.5. The van der Waals surface area contributed by atoms with Gasteiger partial charge in [-0.25, -0.2) is 4.39 Å². The number of halogens is 1. The van der Waals surface area contributed by atoms with Crippen LogP contribution in [-0.4, -0.2) is 5.67 Å². The average molecular weight is 202 g/mol. The lowest BCUT2D eigenvalue weighted by molar-refractivity contribution is 0.0793. The van der Waals surface area contributed by atoms with Crippen LogP contribution in [0.3, 0.4) is 0 Å². The van der Waals surface area contributed by atoms with Crippen molar-refractivity contribution in [3.8, 4) is 0 Å². The van der Waals surface area contributed by atoms with Crippen molar-refractivity contribution in [1.29, 1.82) is 0 Å². The Morgan fingerprint density at radius 1 is 1.07 bits per heavy atom. The second kappa shape index (κ2) is 5.14. The minimum atomic E-state index is -0.986. The maximum Gasteiger partial charge on any atom is 0.108 e. The zero-order valence-corrected chi connectivity index (χ0v) is 10.8. The SMILES string of the molecule is CCC(C)(F)CC(C)(CC)CC(C)C. The molecular weight excluding hydrogens is 175 g/mol. The van der Waals surface area contributed by atoms with Gasteiger partial charge in [0.25, 0.3) is 0 Å². The summed E-state index contributed by atoms with van der Waals surface area (Å²) >= 11 is 0. The Labute approximate surface area is 89.3 Å². The van der Waals surface area contributed by atoms with E-state index in [-0.39, 0.29) is 5.41 Å². The Morgan fingerprint density at radius 3 is 1.86 bits per heavy atom. The second-order valence-corrected chi connectivity index (χ2v) is 5.71. The molecule has 0 saturated carbocycles. The van der Waals surface area contributed by atoms with Gasteiger partial charge in [-0.05, 0) is 37.5 Å². The van der Waals surface area contributed by atoms with Crippen LogP contribution in [0, 0.1) is 11.3 Å². The third-order valence-electron chi connectivity index (χ3n) is 3.29. The highest BCUT2D eigenvalue weighted by Gasteiger charge is 2.33. The van der Waals surface area contributed by atoms with Crippen LogP contribution in [0.1, 0.15) is 67.2 Å². The van der Waals surface area contributed by atoms with E-state index in [2.05, 4.69) is 27.7 Å². The molecule has 0 amide bonds. The lowest BCUT2D eigenvalue weighted by atomic mass is 9.72. The van der Waals surface area contributed by atoms with E-state index in [4.69, 9.17) is 0 Å². The molecule has 0 radical (unpaired) electrons. The summed E-state index contributed by atoms with van der Waals surface area (Å²) in [4.78, 5) is 0. The van der Waals surface area contributed by atoms with Gasteiger partial charge in [-0.15, -0.1) is 0 Å². The van der Waals surface area contributed by atoms with Crippen molar-refractivity contribution in [1.82, 2.24) is 0 Å². The minimum Gasteiger partial charge on any atom is -0.244 e. The molecule has 0 aromatic rings. The smallest absolute Gasteiger partial charge is 0.108 e. The van der Waals surface area contributed by atoms with Crippen molar-refractivity contribution in [3.63, 3.8) is 0 Å². The van der Waals surface area contributed by atoms with Crippen LogP contribution < -0.4 is 0 Å². The molecule has 0 aromatic carbocycles. The van der Waals surface area contributed by atoms with E-state index >= 15 is 0 Å². The van der Waals surface area contributed by atoms with Crippen molar-refractivity contribution < 1.29 is 4.39 Å². The summed E-state index contributed by atoms with van der Waals surface area (Å²) < 4.78 is 14.0. The lowest BCUT2D eigenvalue weighted by Crippen LogP contribution is -2.29. The maximum atomic E-state index is 14.0. The molecule has 0 aliphatic carbocycles. The molecule has 0 rings (SSSR count). The molecule has 86 valence electrons. The zero-order valence-electron chi connectivity index (χ0n) is 10.8. The van der Waals surface area contributed by atoms with Crippen LogP contribution in [0.5, 0.6) is 0 Å². The molecule has 2 unspecified atom stereocenters. The first-order valence-electron chi connectivity index (χ1n) is 5.93. The van der Waals surface area contributed by atoms with Gasteiger partial charge in [0.1, 0.15) is 5.67 Å². The molecule has 0 N–H and O–H groups in total. The fraction of sp³-hybridized carbons (Fsp3) is 1.00. The van der Waals surface area contributed by atoms with Crippen LogP contribution in [0.15, 0.2) is 0 Å².